The van der Waals surface area contributed by atoms with Crippen LogP contribution in [0.25, 0.3) is 0 Å². The highest BCUT2D eigenvalue weighted by molar-refractivity contribution is 5.40. The Hall–Kier alpha value is -1.33. The maximum Gasteiger partial charge on any atom is 0.458 e. The van der Waals surface area contributed by atoms with Crippen molar-refractivity contribution in [3.63, 3.8) is 0 Å². The number of hydrogen-bond donors (Lipinski definition) is 1. The van der Waals surface area contributed by atoms with Crippen molar-refractivity contribution in [2.75, 3.05) is 0 Å². The summed E-state index contributed by atoms with van der Waals surface area (Å²) in [5, 5.41) is 9.12. The number of halogens is 5. The van der Waals surface area contributed by atoms with E-state index in [1.807, 2.05) is 0 Å². The Morgan fingerprint density at radius 3 is 2.18 bits per heavy atom. The van der Waals surface area contributed by atoms with Gasteiger partial charge in [0.15, 0.2) is 0 Å². The van der Waals surface area contributed by atoms with E-state index in [4.69, 9.17) is 5.11 Å². The van der Waals surface area contributed by atoms with Gasteiger partial charge >= 0.3 is 12.1 Å². The number of alkyl halides is 5. The van der Waals surface area contributed by atoms with E-state index in [1.165, 1.54) is 6.07 Å². The summed E-state index contributed by atoms with van der Waals surface area (Å²) in [5.41, 5.74) is -1.06. The molecule has 0 fully saturated rings. The Balaban J connectivity index is 3.25. The molecule has 0 unspecified atom stereocenters. The van der Waals surface area contributed by atoms with Gasteiger partial charge in [0, 0.05) is 0 Å². The van der Waals surface area contributed by atoms with E-state index >= 15 is 0 Å². The van der Waals surface area contributed by atoms with Crippen LogP contribution in [0.5, 0.6) is 5.75 Å². The topological polar surface area (TPSA) is 20.2 Å². The lowest BCUT2D eigenvalue weighted by molar-refractivity contribution is -0.289. The number of phenols is 1. The van der Waals surface area contributed by atoms with Crippen LogP contribution >= 0.6 is 0 Å². The van der Waals surface area contributed by atoms with Crippen molar-refractivity contribution in [1.82, 2.24) is 0 Å². The smallest absolute Gasteiger partial charge is 0.458 e. The molecule has 0 spiro atoms. The fourth-order valence-electron chi connectivity index (χ4n) is 1.43. The summed E-state index contributed by atoms with van der Waals surface area (Å²) in [4.78, 5) is 0. The van der Waals surface area contributed by atoms with Crippen molar-refractivity contribution >= 4 is 0 Å². The van der Waals surface area contributed by atoms with Crippen molar-refractivity contribution in [3.05, 3.63) is 29.3 Å². The average molecular weight is 254 g/mol. The standard InChI is InChI=1S/C11H11F5O/c1-2-3-7-4-5-9(17)8(6-7)10(12,13)11(14,15)16/h4-6,17H,2-3H2,1H3. The second kappa shape index (κ2) is 4.50. The predicted octanol–water partition coefficient (Wildman–Crippen LogP) is 4.00. The molecule has 6 heteroatoms. The minimum Gasteiger partial charge on any atom is -0.507 e. The first-order valence-electron chi connectivity index (χ1n) is 4.97. The highest BCUT2D eigenvalue weighted by Crippen LogP contribution is 2.47. The van der Waals surface area contributed by atoms with E-state index in [2.05, 4.69) is 0 Å². The summed E-state index contributed by atoms with van der Waals surface area (Å²) in [5.74, 6) is -6.09. The molecule has 0 amide bonds. The largest absolute Gasteiger partial charge is 0.507 e. The van der Waals surface area contributed by atoms with Crippen molar-refractivity contribution in [2.24, 2.45) is 0 Å². The molecule has 1 nitrogen and oxygen atoms in total. The minimum atomic E-state index is -5.71. The second-order valence-corrected chi connectivity index (χ2v) is 3.67. The van der Waals surface area contributed by atoms with Gasteiger partial charge in [-0.1, -0.05) is 19.4 Å². The molecular formula is C11H11F5O. The Morgan fingerprint density at radius 2 is 1.71 bits per heavy atom. The molecule has 0 heterocycles. The molecule has 0 aromatic heterocycles. The molecule has 0 aliphatic heterocycles. The first-order chi connectivity index (χ1) is 7.70. The minimum absolute atomic E-state index is 0.337. The molecule has 0 aliphatic carbocycles. The van der Waals surface area contributed by atoms with Crippen LogP contribution in [0.4, 0.5) is 22.0 Å². The molecule has 1 rings (SSSR count). The lowest BCUT2D eigenvalue weighted by Crippen LogP contribution is -2.33. The number of benzene rings is 1. The molecule has 1 N–H and O–H groups in total. The van der Waals surface area contributed by atoms with Gasteiger partial charge in [0.2, 0.25) is 0 Å². The van der Waals surface area contributed by atoms with Crippen molar-refractivity contribution in [1.29, 1.82) is 0 Å². The van der Waals surface area contributed by atoms with Gasteiger partial charge in [0.1, 0.15) is 5.75 Å². The van der Waals surface area contributed by atoms with E-state index < -0.39 is 23.4 Å². The van der Waals surface area contributed by atoms with Gasteiger partial charge in [-0.15, -0.1) is 0 Å². The lowest BCUT2D eigenvalue weighted by atomic mass is 10.0. The molecule has 0 saturated heterocycles. The van der Waals surface area contributed by atoms with Crippen LogP contribution in [0.2, 0.25) is 0 Å². The Bertz CT molecular complexity index is 397. The number of phenolic OH excluding ortho intramolecular Hbond substituents is 1. The molecule has 17 heavy (non-hydrogen) atoms. The third-order valence-electron chi connectivity index (χ3n) is 2.29. The molecule has 96 valence electrons. The maximum absolute atomic E-state index is 13.1. The van der Waals surface area contributed by atoms with Gasteiger partial charge in [-0.05, 0) is 24.1 Å². The van der Waals surface area contributed by atoms with Gasteiger partial charge in [-0.2, -0.15) is 22.0 Å². The van der Waals surface area contributed by atoms with E-state index in [0.29, 0.717) is 24.5 Å². The fraction of sp³-hybridized carbons (Fsp3) is 0.455. The number of rotatable bonds is 3. The summed E-state index contributed by atoms with van der Waals surface area (Å²) < 4.78 is 62.6. The molecule has 0 bridgehead atoms. The number of aromatic hydroxyl groups is 1. The molecule has 0 radical (unpaired) electrons. The van der Waals surface area contributed by atoms with Crippen molar-refractivity contribution < 1.29 is 27.1 Å². The predicted molar refractivity (Wildman–Crippen MR) is 52.1 cm³/mol. The molecule has 1 aromatic rings. The Kier molecular flexibility index (Phi) is 3.64. The fourth-order valence-corrected chi connectivity index (χ4v) is 1.43. The van der Waals surface area contributed by atoms with E-state index in [1.54, 1.807) is 6.92 Å². The molecule has 0 aliphatic rings. The number of hydrogen-bond acceptors (Lipinski definition) is 1. The SMILES string of the molecule is CCCc1ccc(O)c(C(F)(F)C(F)(F)F)c1. The molecular weight excluding hydrogens is 243 g/mol. The number of aryl methyl sites for hydroxylation is 1. The Morgan fingerprint density at radius 1 is 1.12 bits per heavy atom. The van der Waals surface area contributed by atoms with Gasteiger partial charge in [-0.3, -0.25) is 0 Å². The zero-order chi connectivity index (χ0) is 13.3. The highest BCUT2D eigenvalue weighted by Gasteiger charge is 2.59. The average Bonchev–Trinajstić information content (AvgIpc) is 2.19. The van der Waals surface area contributed by atoms with E-state index in [-0.39, 0.29) is 0 Å². The van der Waals surface area contributed by atoms with Crippen molar-refractivity contribution in [3.8, 4) is 5.75 Å². The summed E-state index contributed by atoms with van der Waals surface area (Å²) in [6.07, 6.45) is -4.72. The quantitative estimate of drug-likeness (QED) is 0.808. The first kappa shape index (κ1) is 13.7. The molecule has 1 aromatic carbocycles. The zero-order valence-electron chi connectivity index (χ0n) is 8.98. The highest BCUT2D eigenvalue weighted by atomic mass is 19.4. The van der Waals surface area contributed by atoms with Crippen LogP contribution in [-0.2, 0) is 12.3 Å². The van der Waals surface area contributed by atoms with Crippen LogP contribution < -0.4 is 0 Å². The third-order valence-corrected chi connectivity index (χ3v) is 2.29. The van der Waals surface area contributed by atoms with E-state index in [0.717, 1.165) is 6.07 Å². The normalized spacial score (nSPS) is 12.8. The summed E-state index contributed by atoms with van der Waals surface area (Å²) in [6.45, 7) is 1.77. The Labute approximate surface area is 94.9 Å². The monoisotopic (exact) mass is 254 g/mol. The van der Waals surface area contributed by atoms with Gasteiger partial charge in [0.25, 0.3) is 0 Å². The third kappa shape index (κ3) is 2.68. The molecule has 0 atom stereocenters. The van der Waals surface area contributed by atoms with Crippen LogP contribution in [-0.4, -0.2) is 11.3 Å². The molecule has 0 saturated carbocycles. The summed E-state index contributed by atoms with van der Waals surface area (Å²) in [7, 11) is 0. The van der Waals surface area contributed by atoms with Gasteiger partial charge < -0.3 is 5.11 Å². The van der Waals surface area contributed by atoms with Gasteiger partial charge in [0.05, 0.1) is 5.56 Å². The zero-order valence-corrected chi connectivity index (χ0v) is 8.98. The van der Waals surface area contributed by atoms with Crippen LogP contribution in [0.15, 0.2) is 18.2 Å². The van der Waals surface area contributed by atoms with Crippen molar-refractivity contribution in [2.45, 2.75) is 31.9 Å². The van der Waals surface area contributed by atoms with Crippen LogP contribution in [0.1, 0.15) is 24.5 Å². The summed E-state index contributed by atoms with van der Waals surface area (Å²) >= 11 is 0. The first-order valence-corrected chi connectivity index (χ1v) is 4.97. The van der Waals surface area contributed by atoms with Gasteiger partial charge in [-0.25, -0.2) is 0 Å². The maximum atomic E-state index is 13.1. The lowest BCUT2D eigenvalue weighted by Gasteiger charge is -2.21. The van der Waals surface area contributed by atoms with Crippen LogP contribution in [0.3, 0.4) is 0 Å². The van der Waals surface area contributed by atoms with Crippen LogP contribution in [0, 0.1) is 0 Å². The summed E-state index contributed by atoms with van der Waals surface area (Å²) in [6, 6.07) is 2.89. The second-order valence-electron chi connectivity index (χ2n) is 3.67. The van der Waals surface area contributed by atoms with E-state index in [9.17, 15) is 22.0 Å².